The molecule has 2 heterocycles. The van der Waals surface area contributed by atoms with Gasteiger partial charge in [-0.1, -0.05) is 140 Å². The van der Waals surface area contributed by atoms with Crippen molar-refractivity contribution in [2.45, 2.75) is 0 Å². The fraction of sp³-hybridized carbons (Fsp3) is 0. The lowest BCUT2D eigenvalue weighted by atomic mass is 9.99. The van der Waals surface area contributed by atoms with Gasteiger partial charge in [0.05, 0.1) is 22.1 Å². The molecular weight excluding hydrogens is 605 g/mol. The number of fused-ring (bicyclic) bond motifs is 6. The van der Waals surface area contributed by atoms with Crippen molar-refractivity contribution >= 4 is 43.6 Å². The van der Waals surface area contributed by atoms with Crippen molar-refractivity contribution in [1.29, 1.82) is 0 Å². The Labute approximate surface area is 290 Å². The number of aromatic nitrogens is 2. The molecule has 0 atom stereocenters. The van der Waals surface area contributed by atoms with Crippen LogP contribution in [0.1, 0.15) is 0 Å². The molecule has 0 radical (unpaired) electrons. The van der Waals surface area contributed by atoms with Gasteiger partial charge >= 0.3 is 0 Å². The topological polar surface area (TPSA) is 9.86 Å². The van der Waals surface area contributed by atoms with Crippen LogP contribution in [0.25, 0.3) is 88.4 Å². The van der Waals surface area contributed by atoms with Crippen LogP contribution in [0.4, 0.5) is 0 Å². The first kappa shape index (κ1) is 28.4. The molecule has 0 fully saturated rings. The molecule has 0 bridgehead atoms. The first-order valence-electron chi connectivity index (χ1n) is 17.2. The largest absolute Gasteiger partial charge is 0.309 e. The molecule has 10 aromatic rings. The van der Waals surface area contributed by atoms with E-state index in [4.69, 9.17) is 0 Å². The number of nitrogens with zero attached hydrogens (tertiary/aromatic N) is 2. The molecule has 0 aliphatic heterocycles. The molecule has 234 valence electrons. The van der Waals surface area contributed by atoms with Crippen LogP contribution < -0.4 is 0 Å². The lowest BCUT2D eigenvalue weighted by Gasteiger charge is -2.13. The van der Waals surface area contributed by atoms with Crippen LogP contribution in [0.15, 0.2) is 194 Å². The van der Waals surface area contributed by atoms with Crippen molar-refractivity contribution in [2.75, 3.05) is 0 Å². The summed E-state index contributed by atoms with van der Waals surface area (Å²) in [4.78, 5) is 0. The van der Waals surface area contributed by atoms with Gasteiger partial charge in [-0.3, -0.25) is 0 Å². The highest BCUT2D eigenvalue weighted by Gasteiger charge is 2.18. The average Bonchev–Trinajstić information content (AvgIpc) is 3.71. The maximum Gasteiger partial charge on any atom is 0.0619 e. The Morgan fingerprint density at radius 2 is 0.740 bits per heavy atom. The third-order valence-corrected chi connectivity index (χ3v) is 10.1. The Morgan fingerprint density at radius 1 is 0.260 bits per heavy atom. The van der Waals surface area contributed by atoms with E-state index in [0.29, 0.717) is 0 Å². The van der Waals surface area contributed by atoms with Gasteiger partial charge in [-0.25, -0.2) is 0 Å². The van der Waals surface area contributed by atoms with Gasteiger partial charge in [-0.2, -0.15) is 0 Å². The molecule has 2 aromatic heterocycles. The predicted octanol–water partition coefficient (Wildman–Crippen LogP) is 12.9. The third-order valence-electron chi connectivity index (χ3n) is 10.1. The van der Waals surface area contributed by atoms with Crippen LogP contribution in [-0.2, 0) is 0 Å². The molecule has 0 aliphatic carbocycles. The summed E-state index contributed by atoms with van der Waals surface area (Å²) in [6.07, 6.45) is 0. The van der Waals surface area contributed by atoms with Crippen LogP contribution >= 0.6 is 0 Å². The zero-order valence-electron chi connectivity index (χ0n) is 27.4. The monoisotopic (exact) mass is 636 g/mol. The summed E-state index contributed by atoms with van der Waals surface area (Å²) < 4.78 is 4.82. The second-order valence-electron chi connectivity index (χ2n) is 13.0. The highest BCUT2D eigenvalue weighted by molar-refractivity contribution is 6.15. The summed E-state index contributed by atoms with van der Waals surface area (Å²) in [6, 6.07) is 70.4. The van der Waals surface area contributed by atoms with Crippen molar-refractivity contribution in [3.63, 3.8) is 0 Å². The Kier molecular flexibility index (Phi) is 6.53. The van der Waals surface area contributed by atoms with Gasteiger partial charge in [0.25, 0.3) is 0 Å². The highest BCUT2D eigenvalue weighted by Crippen LogP contribution is 2.41. The molecule has 10 rings (SSSR count). The summed E-state index contributed by atoms with van der Waals surface area (Å²) in [5.41, 5.74) is 14.5. The normalized spacial score (nSPS) is 11.6. The quantitative estimate of drug-likeness (QED) is 0.178. The zero-order chi connectivity index (χ0) is 33.0. The molecule has 0 spiro atoms. The number of hydrogen-bond acceptors (Lipinski definition) is 0. The van der Waals surface area contributed by atoms with Gasteiger partial charge in [-0.15, -0.1) is 0 Å². The first-order valence-corrected chi connectivity index (χ1v) is 17.2. The fourth-order valence-corrected chi connectivity index (χ4v) is 7.81. The Bertz CT molecular complexity index is 2820. The molecule has 0 amide bonds. The molecule has 0 aliphatic rings. The molecule has 2 heteroatoms. The van der Waals surface area contributed by atoms with Gasteiger partial charge in [0.15, 0.2) is 0 Å². The minimum Gasteiger partial charge on any atom is -0.309 e. The number of hydrogen-bond donors (Lipinski definition) is 0. The maximum atomic E-state index is 2.45. The number of para-hydroxylation sites is 3. The van der Waals surface area contributed by atoms with E-state index in [1.807, 2.05) is 0 Å². The Hall–Kier alpha value is -6.64. The zero-order valence-corrected chi connectivity index (χ0v) is 27.4. The van der Waals surface area contributed by atoms with E-state index < -0.39 is 0 Å². The summed E-state index contributed by atoms with van der Waals surface area (Å²) >= 11 is 0. The van der Waals surface area contributed by atoms with Crippen molar-refractivity contribution < 1.29 is 0 Å². The van der Waals surface area contributed by atoms with E-state index in [1.165, 1.54) is 82.7 Å². The lowest BCUT2D eigenvalue weighted by molar-refractivity contribution is 1.18. The smallest absolute Gasteiger partial charge is 0.0619 e. The summed E-state index contributed by atoms with van der Waals surface area (Å²) in [6.45, 7) is 0. The van der Waals surface area contributed by atoms with E-state index in [9.17, 15) is 0 Å². The van der Waals surface area contributed by atoms with Gasteiger partial charge in [0.1, 0.15) is 0 Å². The minimum atomic E-state index is 1.15. The first-order chi connectivity index (χ1) is 24.8. The fourth-order valence-electron chi connectivity index (χ4n) is 7.81. The molecule has 0 saturated carbocycles. The molecule has 0 N–H and O–H groups in total. The molecule has 50 heavy (non-hydrogen) atoms. The van der Waals surface area contributed by atoms with Crippen LogP contribution in [0.2, 0.25) is 0 Å². The molecule has 0 saturated heterocycles. The standard InChI is InChI=1S/C48H32N2/c1-4-13-33(14-5-1)34-23-27-39(28-24-34)50-47-30-26-37(32-44(47)42-21-12-20-40(48(42)50)35-15-6-2-7-16-35)36-25-29-46-43(31-36)41-19-10-11-22-45(41)49(46)38-17-8-3-9-18-38/h1-32H. The summed E-state index contributed by atoms with van der Waals surface area (Å²) in [5, 5.41) is 5.01. The maximum absolute atomic E-state index is 2.45. The minimum absolute atomic E-state index is 1.15. The molecule has 0 unspecified atom stereocenters. The van der Waals surface area contributed by atoms with E-state index in [1.54, 1.807) is 0 Å². The van der Waals surface area contributed by atoms with Gasteiger partial charge in [0.2, 0.25) is 0 Å². The number of benzene rings is 8. The number of rotatable bonds is 5. The van der Waals surface area contributed by atoms with Gasteiger partial charge in [0, 0.05) is 38.5 Å². The SMILES string of the molecule is c1ccc(-c2ccc(-n3c4ccc(-c5ccc6c(c5)c5ccccc5n6-c5ccccc5)cc4c4cccc(-c5ccccc5)c43)cc2)cc1. The van der Waals surface area contributed by atoms with Crippen molar-refractivity contribution in [1.82, 2.24) is 9.13 Å². The van der Waals surface area contributed by atoms with Crippen molar-refractivity contribution in [3.8, 4) is 44.8 Å². The Morgan fingerprint density at radius 3 is 1.44 bits per heavy atom. The highest BCUT2D eigenvalue weighted by atomic mass is 15.0. The van der Waals surface area contributed by atoms with Crippen LogP contribution in [-0.4, -0.2) is 9.13 Å². The lowest BCUT2D eigenvalue weighted by Crippen LogP contribution is -1.95. The second kappa shape index (κ2) is 11.5. The molecule has 8 aromatic carbocycles. The van der Waals surface area contributed by atoms with E-state index in [0.717, 1.165) is 5.69 Å². The van der Waals surface area contributed by atoms with Gasteiger partial charge < -0.3 is 9.13 Å². The summed E-state index contributed by atoms with van der Waals surface area (Å²) in [5.74, 6) is 0. The Balaban J connectivity index is 1.18. The second-order valence-corrected chi connectivity index (χ2v) is 13.0. The van der Waals surface area contributed by atoms with Crippen LogP contribution in [0, 0.1) is 0 Å². The average molecular weight is 637 g/mol. The van der Waals surface area contributed by atoms with Crippen molar-refractivity contribution in [3.05, 3.63) is 194 Å². The third kappa shape index (κ3) is 4.50. The van der Waals surface area contributed by atoms with Crippen LogP contribution in [0.5, 0.6) is 0 Å². The molecular formula is C48H32N2. The molecule has 2 nitrogen and oxygen atoms in total. The van der Waals surface area contributed by atoms with E-state index in [-0.39, 0.29) is 0 Å². The van der Waals surface area contributed by atoms with E-state index >= 15 is 0 Å². The summed E-state index contributed by atoms with van der Waals surface area (Å²) in [7, 11) is 0. The van der Waals surface area contributed by atoms with Crippen LogP contribution in [0.3, 0.4) is 0 Å². The van der Waals surface area contributed by atoms with Gasteiger partial charge in [-0.05, 0) is 82.4 Å². The predicted molar refractivity (Wildman–Crippen MR) is 211 cm³/mol. The van der Waals surface area contributed by atoms with E-state index in [2.05, 4.69) is 203 Å². The van der Waals surface area contributed by atoms with Crippen molar-refractivity contribution in [2.24, 2.45) is 0 Å².